The van der Waals surface area contributed by atoms with Crippen molar-refractivity contribution in [3.05, 3.63) is 0 Å². The maximum absolute atomic E-state index is 12.5. The number of primary amides is 1. The molecule has 0 aliphatic rings. The molecule has 0 bridgehead atoms. The van der Waals surface area contributed by atoms with Crippen LogP contribution in [0.5, 0.6) is 0 Å². The number of unbranched alkanes of at least 4 members (excludes halogenated alkanes) is 1. The molecule has 4 unspecified atom stereocenters. The third-order valence-electron chi connectivity index (χ3n) is 4.63. The van der Waals surface area contributed by atoms with Gasteiger partial charge in [0.05, 0.1) is 6.04 Å². The number of hydrogen-bond donors (Lipinski definition) is 8. The third kappa shape index (κ3) is 13.0. The van der Waals surface area contributed by atoms with Crippen molar-refractivity contribution in [3.63, 3.8) is 0 Å². The van der Waals surface area contributed by atoms with Crippen LogP contribution in [-0.4, -0.2) is 76.5 Å². The normalized spacial score (nSPS) is 14.3. The minimum absolute atomic E-state index is 0.287. The van der Waals surface area contributed by atoms with Gasteiger partial charge in [-0.15, -0.1) is 0 Å². The first-order chi connectivity index (χ1) is 15.4. The summed E-state index contributed by atoms with van der Waals surface area (Å²) in [5.74, 6) is -5.78. The Kier molecular flexibility index (Phi) is 14.0. The van der Waals surface area contributed by atoms with E-state index in [2.05, 4.69) is 16.0 Å². The molecule has 0 rings (SSSR count). The zero-order valence-corrected chi connectivity index (χ0v) is 18.5. The molecular weight excluding hydrogens is 440 g/mol. The molecule has 0 saturated carbocycles. The molecule has 14 heteroatoms. The number of carboxylic acids is 2. The van der Waals surface area contributed by atoms with E-state index in [1.807, 2.05) is 0 Å². The van der Waals surface area contributed by atoms with Gasteiger partial charge in [0.25, 0.3) is 0 Å². The summed E-state index contributed by atoms with van der Waals surface area (Å²) in [6.45, 7) is 1.80. The molecule has 188 valence electrons. The lowest BCUT2D eigenvalue weighted by atomic mass is 10.1. The Morgan fingerprint density at radius 3 is 1.88 bits per heavy atom. The second-order valence-corrected chi connectivity index (χ2v) is 7.52. The molecule has 0 fully saturated rings. The Hall–Kier alpha value is -3.26. The lowest BCUT2D eigenvalue weighted by molar-refractivity contribution is -0.143. The highest BCUT2D eigenvalue weighted by Crippen LogP contribution is 2.04. The highest BCUT2D eigenvalue weighted by atomic mass is 16.4. The number of hydrogen-bond acceptors (Lipinski definition) is 8. The van der Waals surface area contributed by atoms with Crippen LogP contribution in [0.4, 0.5) is 0 Å². The predicted molar refractivity (Wildman–Crippen MR) is 115 cm³/mol. The fourth-order valence-corrected chi connectivity index (χ4v) is 2.68. The summed E-state index contributed by atoms with van der Waals surface area (Å²) in [6, 6.07) is -4.85. The Labute approximate surface area is 191 Å². The van der Waals surface area contributed by atoms with Gasteiger partial charge < -0.3 is 43.4 Å². The van der Waals surface area contributed by atoms with Crippen molar-refractivity contribution in [1.29, 1.82) is 0 Å². The van der Waals surface area contributed by atoms with Crippen molar-refractivity contribution in [1.82, 2.24) is 16.0 Å². The van der Waals surface area contributed by atoms with E-state index in [1.54, 1.807) is 0 Å². The first kappa shape index (κ1) is 29.7. The van der Waals surface area contributed by atoms with Crippen molar-refractivity contribution in [2.75, 3.05) is 6.54 Å². The molecule has 0 aromatic rings. The van der Waals surface area contributed by atoms with Gasteiger partial charge in [0, 0.05) is 12.8 Å². The summed E-state index contributed by atoms with van der Waals surface area (Å²) >= 11 is 0. The highest BCUT2D eigenvalue weighted by Gasteiger charge is 2.29. The van der Waals surface area contributed by atoms with Crippen molar-refractivity contribution in [3.8, 4) is 0 Å². The second-order valence-electron chi connectivity index (χ2n) is 7.52. The maximum Gasteiger partial charge on any atom is 0.326 e. The fraction of sp³-hybridized carbons (Fsp3) is 0.684. The van der Waals surface area contributed by atoms with Crippen LogP contribution >= 0.6 is 0 Å². The summed E-state index contributed by atoms with van der Waals surface area (Å²) in [5, 5.41) is 25.0. The molecule has 14 nitrogen and oxygen atoms in total. The molecular formula is C19H34N6O8. The quantitative estimate of drug-likeness (QED) is 0.0999. The number of amides is 4. The largest absolute Gasteiger partial charge is 0.481 e. The molecule has 0 radical (unpaired) electrons. The van der Waals surface area contributed by atoms with Gasteiger partial charge in [0.2, 0.25) is 23.6 Å². The number of carbonyl (C=O) groups excluding carboxylic acids is 4. The van der Waals surface area contributed by atoms with Crippen LogP contribution in [0, 0.1) is 0 Å². The molecule has 4 amide bonds. The van der Waals surface area contributed by atoms with Crippen molar-refractivity contribution in [2.45, 2.75) is 76.0 Å². The molecule has 0 heterocycles. The SMILES string of the molecule is CC(NC(=O)C(N)CCCCN)C(=O)NC(CCC(=O)O)C(=O)NC(CCC(N)=O)C(=O)O. The molecule has 0 aliphatic carbocycles. The molecule has 0 aromatic carbocycles. The average molecular weight is 475 g/mol. The van der Waals surface area contributed by atoms with E-state index in [0.29, 0.717) is 25.8 Å². The van der Waals surface area contributed by atoms with E-state index in [4.69, 9.17) is 22.3 Å². The van der Waals surface area contributed by atoms with Crippen LogP contribution in [0.15, 0.2) is 0 Å². The number of nitrogens with two attached hydrogens (primary N) is 3. The summed E-state index contributed by atoms with van der Waals surface area (Å²) < 4.78 is 0. The van der Waals surface area contributed by atoms with E-state index >= 15 is 0 Å². The first-order valence-corrected chi connectivity index (χ1v) is 10.5. The number of rotatable bonds is 17. The summed E-state index contributed by atoms with van der Waals surface area (Å²) in [7, 11) is 0. The maximum atomic E-state index is 12.5. The smallest absolute Gasteiger partial charge is 0.326 e. The second kappa shape index (κ2) is 15.5. The molecule has 0 spiro atoms. The minimum atomic E-state index is -1.47. The molecule has 4 atom stereocenters. The fourth-order valence-electron chi connectivity index (χ4n) is 2.68. The third-order valence-corrected chi connectivity index (χ3v) is 4.63. The number of nitrogens with one attached hydrogen (secondary N) is 3. The Morgan fingerprint density at radius 1 is 0.788 bits per heavy atom. The van der Waals surface area contributed by atoms with Gasteiger partial charge in [0.1, 0.15) is 18.1 Å². The van der Waals surface area contributed by atoms with E-state index in [1.165, 1.54) is 6.92 Å². The van der Waals surface area contributed by atoms with Crippen LogP contribution in [-0.2, 0) is 28.8 Å². The molecule has 33 heavy (non-hydrogen) atoms. The number of aliphatic carboxylic acids is 2. The van der Waals surface area contributed by atoms with Crippen molar-refractivity contribution >= 4 is 35.6 Å². The standard InChI is InChI=1S/C19H34N6O8/c1-10(23-17(30)11(21)4-2-3-9-20)16(29)24-12(6-8-15(27)28)18(31)25-13(19(32)33)5-7-14(22)26/h10-13H,2-9,20-21H2,1H3,(H2,22,26)(H,23,30)(H,24,29)(H,25,31)(H,27,28)(H,32,33). The minimum Gasteiger partial charge on any atom is -0.481 e. The monoisotopic (exact) mass is 474 g/mol. The van der Waals surface area contributed by atoms with E-state index in [0.717, 1.165) is 0 Å². The molecule has 0 saturated heterocycles. The van der Waals surface area contributed by atoms with Crippen LogP contribution < -0.4 is 33.2 Å². The van der Waals surface area contributed by atoms with Gasteiger partial charge in [-0.05, 0) is 39.2 Å². The molecule has 0 aromatic heterocycles. The Balaban J connectivity index is 5.11. The van der Waals surface area contributed by atoms with Gasteiger partial charge in [-0.25, -0.2) is 4.79 Å². The summed E-state index contributed by atoms with van der Waals surface area (Å²) in [5.41, 5.74) is 16.1. The number of carbonyl (C=O) groups is 6. The average Bonchev–Trinajstić information content (AvgIpc) is 2.72. The van der Waals surface area contributed by atoms with Gasteiger partial charge in [-0.1, -0.05) is 6.42 Å². The van der Waals surface area contributed by atoms with Crippen LogP contribution in [0.25, 0.3) is 0 Å². The van der Waals surface area contributed by atoms with E-state index < -0.39 is 66.2 Å². The summed E-state index contributed by atoms with van der Waals surface area (Å²) in [6.07, 6.45) is 0.252. The van der Waals surface area contributed by atoms with Crippen LogP contribution in [0.1, 0.15) is 51.9 Å². The highest BCUT2D eigenvalue weighted by molar-refractivity contribution is 5.94. The van der Waals surface area contributed by atoms with Gasteiger partial charge in [-0.2, -0.15) is 0 Å². The lowest BCUT2D eigenvalue weighted by Gasteiger charge is -2.23. The van der Waals surface area contributed by atoms with Gasteiger partial charge >= 0.3 is 11.9 Å². The van der Waals surface area contributed by atoms with Crippen LogP contribution in [0.2, 0.25) is 0 Å². The zero-order valence-electron chi connectivity index (χ0n) is 18.5. The predicted octanol–water partition coefficient (Wildman–Crippen LogP) is -2.87. The topological polar surface area (TPSA) is 257 Å². The molecule has 11 N–H and O–H groups in total. The Morgan fingerprint density at radius 2 is 1.36 bits per heavy atom. The summed E-state index contributed by atoms with van der Waals surface area (Å²) in [4.78, 5) is 70.3. The van der Waals surface area contributed by atoms with E-state index in [-0.39, 0.29) is 19.3 Å². The van der Waals surface area contributed by atoms with E-state index in [9.17, 15) is 33.9 Å². The molecule has 0 aliphatic heterocycles. The van der Waals surface area contributed by atoms with Gasteiger partial charge in [0.15, 0.2) is 0 Å². The number of carboxylic acid groups (broad SMARTS) is 2. The van der Waals surface area contributed by atoms with Gasteiger partial charge in [-0.3, -0.25) is 24.0 Å². The lowest BCUT2D eigenvalue weighted by Crippen LogP contribution is -2.56. The zero-order chi connectivity index (χ0) is 25.6. The van der Waals surface area contributed by atoms with Crippen molar-refractivity contribution in [2.24, 2.45) is 17.2 Å². The Bertz CT molecular complexity index is 716. The van der Waals surface area contributed by atoms with Crippen LogP contribution in [0.3, 0.4) is 0 Å². The first-order valence-electron chi connectivity index (χ1n) is 10.5. The van der Waals surface area contributed by atoms with Crippen molar-refractivity contribution < 1.29 is 39.0 Å².